The van der Waals surface area contributed by atoms with Crippen molar-refractivity contribution in [3.8, 4) is 22.4 Å². The number of hydrogen-bond donors (Lipinski definition) is 2. The highest BCUT2D eigenvalue weighted by Crippen LogP contribution is 2.39. The zero-order valence-electron chi connectivity index (χ0n) is 10.7. The first-order chi connectivity index (χ1) is 10.1. The molecule has 1 aromatic heterocycles. The highest BCUT2D eigenvalue weighted by molar-refractivity contribution is 9.11. The number of rotatable bonds is 2. The summed E-state index contributed by atoms with van der Waals surface area (Å²) in [4.78, 5) is 0. The number of benzene rings is 2. The molecule has 2 aromatic carbocycles. The van der Waals surface area contributed by atoms with Gasteiger partial charge in [-0.25, -0.2) is 4.39 Å². The van der Waals surface area contributed by atoms with Crippen LogP contribution >= 0.6 is 31.9 Å². The Balaban J connectivity index is 2.25. The molecule has 0 saturated carbocycles. The normalized spacial score (nSPS) is 10.8. The van der Waals surface area contributed by atoms with E-state index < -0.39 is 0 Å². The minimum absolute atomic E-state index is 0.268. The van der Waals surface area contributed by atoms with Gasteiger partial charge in [0.05, 0.1) is 11.3 Å². The molecule has 6 heteroatoms. The molecule has 0 aliphatic rings. The van der Waals surface area contributed by atoms with Crippen LogP contribution in [-0.4, -0.2) is 10.2 Å². The molecular weight excluding hydrogens is 401 g/mol. The number of aromatic nitrogens is 2. The molecule has 21 heavy (non-hydrogen) atoms. The quantitative estimate of drug-likeness (QED) is 0.625. The van der Waals surface area contributed by atoms with Crippen molar-refractivity contribution in [1.82, 2.24) is 10.2 Å². The Bertz CT molecular complexity index is 814. The third kappa shape index (κ3) is 2.61. The molecule has 0 spiro atoms. The van der Waals surface area contributed by atoms with Gasteiger partial charge < -0.3 is 5.73 Å². The van der Waals surface area contributed by atoms with Crippen molar-refractivity contribution in [3.05, 3.63) is 57.2 Å². The van der Waals surface area contributed by atoms with E-state index >= 15 is 0 Å². The summed E-state index contributed by atoms with van der Waals surface area (Å²) < 4.78 is 15.9. The number of nitrogen functional groups attached to an aromatic ring is 1. The highest BCUT2D eigenvalue weighted by Gasteiger charge is 2.19. The number of H-pyrrole nitrogens is 1. The van der Waals surface area contributed by atoms with E-state index in [1.807, 2.05) is 18.2 Å². The Hall–Kier alpha value is -1.66. The first-order valence-electron chi connectivity index (χ1n) is 6.12. The lowest BCUT2D eigenvalue weighted by molar-refractivity contribution is 0.631. The Kier molecular flexibility index (Phi) is 3.82. The van der Waals surface area contributed by atoms with Crippen LogP contribution in [0.3, 0.4) is 0 Å². The molecular formula is C15H10Br2FN3. The molecule has 0 aliphatic heterocycles. The second-order valence-electron chi connectivity index (χ2n) is 4.46. The van der Waals surface area contributed by atoms with E-state index in [1.54, 1.807) is 18.2 Å². The number of anilines is 1. The lowest BCUT2D eigenvalue weighted by Gasteiger charge is -2.08. The van der Waals surface area contributed by atoms with Crippen LogP contribution in [0.25, 0.3) is 22.4 Å². The fourth-order valence-electron chi connectivity index (χ4n) is 2.18. The van der Waals surface area contributed by atoms with Gasteiger partial charge in [-0.05, 0) is 18.2 Å². The molecule has 0 atom stereocenters. The maximum Gasteiger partial charge on any atom is 0.153 e. The van der Waals surface area contributed by atoms with E-state index in [2.05, 4.69) is 42.1 Å². The molecule has 0 fully saturated rings. The molecule has 0 unspecified atom stereocenters. The maximum atomic E-state index is 14.1. The van der Waals surface area contributed by atoms with Crippen LogP contribution in [0.4, 0.5) is 10.2 Å². The van der Waals surface area contributed by atoms with Crippen molar-refractivity contribution in [2.45, 2.75) is 0 Å². The maximum absolute atomic E-state index is 14.1. The van der Waals surface area contributed by atoms with Gasteiger partial charge in [-0.3, -0.25) is 5.10 Å². The monoisotopic (exact) mass is 409 g/mol. The predicted octanol–water partition coefficient (Wildman–Crippen LogP) is 4.99. The van der Waals surface area contributed by atoms with Gasteiger partial charge >= 0.3 is 0 Å². The van der Waals surface area contributed by atoms with Gasteiger partial charge in [-0.15, -0.1) is 0 Å². The molecule has 0 saturated heterocycles. The highest BCUT2D eigenvalue weighted by atomic mass is 79.9. The van der Waals surface area contributed by atoms with Gasteiger partial charge in [-0.2, -0.15) is 5.10 Å². The standard InChI is InChI=1S/C15H10Br2FN3/c16-8-5-6-9(11(17)7-8)14-13(15(19)21-20-14)10-3-1-2-4-12(10)18/h1-7H,(H3,19,20,21). The first-order valence-corrected chi connectivity index (χ1v) is 7.70. The summed E-state index contributed by atoms with van der Waals surface area (Å²) in [6.07, 6.45) is 0. The predicted molar refractivity (Wildman–Crippen MR) is 89.2 cm³/mol. The number of nitrogens with one attached hydrogen (secondary N) is 1. The number of halogens is 3. The Morgan fingerprint density at radius 2 is 1.81 bits per heavy atom. The minimum atomic E-state index is -0.333. The summed E-state index contributed by atoms with van der Waals surface area (Å²) in [5.41, 5.74) is 8.46. The van der Waals surface area contributed by atoms with Crippen LogP contribution in [0.1, 0.15) is 0 Å². The van der Waals surface area contributed by atoms with Crippen molar-refractivity contribution in [2.75, 3.05) is 5.73 Å². The van der Waals surface area contributed by atoms with Gasteiger partial charge in [0.25, 0.3) is 0 Å². The average molecular weight is 411 g/mol. The molecule has 3 N–H and O–H groups in total. The van der Waals surface area contributed by atoms with Crippen LogP contribution in [0.5, 0.6) is 0 Å². The fraction of sp³-hybridized carbons (Fsp3) is 0. The first kappa shape index (κ1) is 14.3. The summed E-state index contributed by atoms with van der Waals surface area (Å²) >= 11 is 6.91. The van der Waals surface area contributed by atoms with Crippen molar-refractivity contribution in [1.29, 1.82) is 0 Å². The molecule has 3 aromatic rings. The Morgan fingerprint density at radius 3 is 2.52 bits per heavy atom. The molecule has 0 amide bonds. The lowest BCUT2D eigenvalue weighted by Crippen LogP contribution is -1.91. The summed E-state index contributed by atoms with van der Waals surface area (Å²) in [7, 11) is 0. The SMILES string of the molecule is Nc1n[nH]c(-c2ccc(Br)cc2Br)c1-c1ccccc1F. The molecule has 0 radical (unpaired) electrons. The Morgan fingerprint density at radius 1 is 1.05 bits per heavy atom. The van der Waals surface area contributed by atoms with E-state index in [1.165, 1.54) is 6.07 Å². The van der Waals surface area contributed by atoms with E-state index in [-0.39, 0.29) is 11.6 Å². The van der Waals surface area contributed by atoms with E-state index in [0.717, 1.165) is 14.5 Å². The second kappa shape index (κ2) is 5.61. The average Bonchev–Trinajstić information content (AvgIpc) is 2.81. The van der Waals surface area contributed by atoms with Gasteiger partial charge in [0, 0.05) is 20.1 Å². The van der Waals surface area contributed by atoms with Crippen LogP contribution < -0.4 is 5.73 Å². The summed E-state index contributed by atoms with van der Waals surface area (Å²) in [5.74, 6) is -0.0648. The van der Waals surface area contributed by atoms with Crippen molar-refractivity contribution in [2.24, 2.45) is 0 Å². The van der Waals surface area contributed by atoms with Crippen LogP contribution in [-0.2, 0) is 0 Å². The summed E-state index contributed by atoms with van der Waals surface area (Å²) in [5, 5.41) is 6.92. The van der Waals surface area contributed by atoms with Gasteiger partial charge in [0.1, 0.15) is 5.82 Å². The zero-order valence-corrected chi connectivity index (χ0v) is 13.9. The largest absolute Gasteiger partial charge is 0.382 e. The molecule has 3 nitrogen and oxygen atoms in total. The molecule has 1 heterocycles. The topological polar surface area (TPSA) is 54.7 Å². The smallest absolute Gasteiger partial charge is 0.153 e. The number of nitrogens with two attached hydrogens (primary N) is 1. The van der Waals surface area contributed by atoms with Gasteiger partial charge in [-0.1, -0.05) is 56.1 Å². The van der Waals surface area contributed by atoms with Crippen LogP contribution in [0.15, 0.2) is 51.4 Å². The molecule has 0 bridgehead atoms. The van der Waals surface area contributed by atoms with Gasteiger partial charge in [0.2, 0.25) is 0 Å². The lowest BCUT2D eigenvalue weighted by atomic mass is 10.0. The van der Waals surface area contributed by atoms with Crippen molar-refractivity contribution in [3.63, 3.8) is 0 Å². The van der Waals surface area contributed by atoms with Gasteiger partial charge in [0.15, 0.2) is 5.82 Å². The fourth-order valence-corrected chi connectivity index (χ4v) is 3.43. The molecule has 106 valence electrons. The summed E-state index contributed by atoms with van der Waals surface area (Å²) in [6.45, 7) is 0. The Labute approximate surface area is 137 Å². The number of aromatic amines is 1. The molecule has 3 rings (SSSR count). The van der Waals surface area contributed by atoms with E-state index in [0.29, 0.717) is 16.8 Å². The number of hydrogen-bond acceptors (Lipinski definition) is 2. The van der Waals surface area contributed by atoms with Crippen molar-refractivity contribution < 1.29 is 4.39 Å². The zero-order chi connectivity index (χ0) is 15.0. The third-order valence-electron chi connectivity index (χ3n) is 3.14. The minimum Gasteiger partial charge on any atom is -0.382 e. The van der Waals surface area contributed by atoms with Crippen LogP contribution in [0, 0.1) is 5.82 Å². The second-order valence-corrected chi connectivity index (χ2v) is 6.23. The van der Waals surface area contributed by atoms with Crippen LogP contribution in [0.2, 0.25) is 0 Å². The third-order valence-corrected chi connectivity index (χ3v) is 4.29. The van der Waals surface area contributed by atoms with E-state index in [4.69, 9.17) is 5.73 Å². The molecule has 0 aliphatic carbocycles. The van der Waals surface area contributed by atoms with Crippen molar-refractivity contribution >= 4 is 37.7 Å². The van der Waals surface area contributed by atoms with E-state index in [9.17, 15) is 4.39 Å². The summed E-state index contributed by atoms with van der Waals surface area (Å²) in [6, 6.07) is 12.2. The number of nitrogens with zero attached hydrogens (tertiary/aromatic N) is 1.